The first-order chi connectivity index (χ1) is 10.1. The molecule has 3 nitrogen and oxygen atoms in total. The van der Waals surface area contributed by atoms with E-state index in [1.54, 1.807) is 19.1 Å². The van der Waals surface area contributed by atoms with Crippen molar-refractivity contribution in [3.63, 3.8) is 0 Å². The zero-order valence-corrected chi connectivity index (χ0v) is 12.7. The highest BCUT2D eigenvalue weighted by atomic mass is 32.1. The monoisotopic (exact) mass is 298 g/mol. The summed E-state index contributed by atoms with van der Waals surface area (Å²) in [6, 6.07) is 17.5. The molecule has 0 fully saturated rings. The molecule has 0 aromatic heterocycles. The van der Waals surface area contributed by atoms with Gasteiger partial charge in [0.2, 0.25) is 0 Å². The second-order valence-corrected chi connectivity index (χ2v) is 5.16. The summed E-state index contributed by atoms with van der Waals surface area (Å²) in [7, 11) is 0. The molecule has 0 aliphatic carbocycles. The highest BCUT2D eigenvalue weighted by Gasteiger charge is 2.00. The fourth-order valence-corrected chi connectivity index (χ4v) is 2.15. The van der Waals surface area contributed by atoms with E-state index in [1.165, 1.54) is 5.56 Å². The normalized spacial score (nSPS) is 9.95. The molecule has 0 atom stereocenters. The van der Waals surface area contributed by atoms with E-state index in [2.05, 4.69) is 22.8 Å². The average Bonchev–Trinajstić information content (AvgIpc) is 2.49. The molecule has 0 spiro atoms. The first kappa shape index (κ1) is 15.2. The fourth-order valence-electron chi connectivity index (χ4n) is 1.93. The predicted octanol–water partition coefficient (Wildman–Crippen LogP) is 3.42. The highest BCUT2D eigenvalue weighted by Crippen LogP contribution is 2.09. The third-order valence-corrected chi connectivity index (χ3v) is 3.34. The Bertz CT molecular complexity index is 608. The number of hydrogen-bond acceptors (Lipinski definition) is 2. The van der Waals surface area contributed by atoms with Crippen molar-refractivity contribution >= 4 is 28.8 Å². The van der Waals surface area contributed by atoms with Crippen molar-refractivity contribution < 1.29 is 4.79 Å². The quantitative estimate of drug-likeness (QED) is 0.655. The third kappa shape index (κ3) is 5.00. The Morgan fingerprint density at radius 1 is 1.05 bits per heavy atom. The Kier molecular flexibility index (Phi) is 5.46. The van der Waals surface area contributed by atoms with Gasteiger partial charge in [0.25, 0.3) is 0 Å². The van der Waals surface area contributed by atoms with Gasteiger partial charge in [-0.1, -0.05) is 30.3 Å². The zero-order valence-electron chi connectivity index (χ0n) is 11.9. The summed E-state index contributed by atoms with van der Waals surface area (Å²) in [5, 5.41) is 6.86. The minimum atomic E-state index is 0.0603. The minimum Gasteiger partial charge on any atom is -0.362 e. The SMILES string of the molecule is CC(=O)c1ccc(NC(=S)NCCc2ccccc2)cc1. The number of nitrogens with one attached hydrogen (secondary N) is 2. The molecule has 0 bridgehead atoms. The van der Waals surface area contributed by atoms with Crippen LogP contribution in [0.25, 0.3) is 0 Å². The second kappa shape index (κ2) is 7.55. The number of carbonyl (C=O) groups excluding carboxylic acids is 1. The van der Waals surface area contributed by atoms with E-state index in [-0.39, 0.29) is 5.78 Å². The van der Waals surface area contributed by atoms with Crippen LogP contribution in [-0.2, 0) is 6.42 Å². The summed E-state index contributed by atoms with van der Waals surface area (Å²) in [5.74, 6) is 0.0603. The summed E-state index contributed by atoms with van der Waals surface area (Å²) in [6.07, 6.45) is 0.923. The number of Topliss-reactive ketones (excluding diaryl/α,β-unsaturated/α-hetero) is 1. The number of hydrogen-bond donors (Lipinski definition) is 2. The standard InChI is InChI=1S/C17H18N2OS/c1-13(20)15-7-9-16(10-8-15)19-17(21)18-12-11-14-5-3-2-4-6-14/h2-10H,11-12H2,1H3,(H2,18,19,21). The number of anilines is 1. The Morgan fingerprint density at radius 2 is 1.71 bits per heavy atom. The van der Waals surface area contributed by atoms with Crippen LogP contribution >= 0.6 is 12.2 Å². The zero-order chi connectivity index (χ0) is 15.1. The largest absolute Gasteiger partial charge is 0.362 e. The van der Waals surface area contributed by atoms with Crippen LogP contribution in [0.2, 0.25) is 0 Å². The lowest BCUT2D eigenvalue weighted by molar-refractivity contribution is 0.101. The maximum absolute atomic E-state index is 11.2. The van der Waals surface area contributed by atoms with Gasteiger partial charge in [-0.15, -0.1) is 0 Å². The number of rotatable bonds is 5. The highest BCUT2D eigenvalue weighted by molar-refractivity contribution is 7.80. The van der Waals surface area contributed by atoms with Crippen molar-refractivity contribution in [1.82, 2.24) is 5.32 Å². The molecule has 4 heteroatoms. The van der Waals surface area contributed by atoms with Crippen LogP contribution in [0.4, 0.5) is 5.69 Å². The van der Waals surface area contributed by atoms with Gasteiger partial charge in [0.05, 0.1) is 0 Å². The number of benzene rings is 2. The van der Waals surface area contributed by atoms with Gasteiger partial charge in [-0.3, -0.25) is 4.79 Å². The molecule has 0 saturated heterocycles. The van der Waals surface area contributed by atoms with Crippen molar-refractivity contribution in [3.05, 3.63) is 65.7 Å². The van der Waals surface area contributed by atoms with Crippen molar-refractivity contribution in [2.24, 2.45) is 0 Å². The maximum atomic E-state index is 11.2. The van der Waals surface area contributed by atoms with E-state index in [4.69, 9.17) is 12.2 Å². The van der Waals surface area contributed by atoms with E-state index in [0.29, 0.717) is 10.7 Å². The van der Waals surface area contributed by atoms with Crippen LogP contribution in [-0.4, -0.2) is 17.4 Å². The topological polar surface area (TPSA) is 41.1 Å². The van der Waals surface area contributed by atoms with Gasteiger partial charge < -0.3 is 10.6 Å². The summed E-state index contributed by atoms with van der Waals surface area (Å²) >= 11 is 5.25. The van der Waals surface area contributed by atoms with E-state index < -0.39 is 0 Å². The number of ketones is 1. The van der Waals surface area contributed by atoms with Crippen molar-refractivity contribution in [2.45, 2.75) is 13.3 Å². The van der Waals surface area contributed by atoms with Gasteiger partial charge in [0, 0.05) is 17.8 Å². The average molecular weight is 298 g/mol. The Morgan fingerprint density at radius 3 is 2.33 bits per heavy atom. The molecule has 0 aliphatic heterocycles. The molecule has 2 rings (SSSR count). The van der Waals surface area contributed by atoms with Crippen LogP contribution < -0.4 is 10.6 Å². The van der Waals surface area contributed by atoms with E-state index in [9.17, 15) is 4.79 Å². The minimum absolute atomic E-state index is 0.0603. The smallest absolute Gasteiger partial charge is 0.170 e. The Balaban J connectivity index is 1.78. The molecular formula is C17H18N2OS. The maximum Gasteiger partial charge on any atom is 0.170 e. The fraction of sp³-hybridized carbons (Fsp3) is 0.176. The van der Waals surface area contributed by atoms with Gasteiger partial charge in [0.15, 0.2) is 10.9 Å². The van der Waals surface area contributed by atoms with Gasteiger partial charge in [-0.2, -0.15) is 0 Å². The Labute approximate surface area is 130 Å². The number of thiocarbonyl (C=S) groups is 1. The molecule has 21 heavy (non-hydrogen) atoms. The summed E-state index contributed by atoms with van der Waals surface area (Å²) in [6.45, 7) is 2.33. The molecule has 2 aromatic rings. The summed E-state index contributed by atoms with van der Waals surface area (Å²) in [4.78, 5) is 11.2. The second-order valence-electron chi connectivity index (χ2n) is 4.75. The molecule has 0 amide bonds. The Hall–Kier alpha value is -2.20. The van der Waals surface area contributed by atoms with Crippen molar-refractivity contribution in [2.75, 3.05) is 11.9 Å². The number of carbonyl (C=O) groups is 1. The van der Waals surface area contributed by atoms with Gasteiger partial charge >= 0.3 is 0 Å². The molecule has 0 saturated carbocycles. The summed E-state index contributed by atoms with van der Waals surface area (Å²) in [5.41, 5.74) is 2.85. The van der Waals surface area contributed by atoms with E-state index >= 15 is 0 Å². The van der Waals surface area contributed by atoms with Crippen LogP contribution in [0.15, 0.2) is 54.6 Å². The predicted molar refractivity (Wildman–Crippen MR) is 90.8 cm³/mol. The van der Waals surface area contributed by atoms with Gasteiger partial charge in [0.1, 0.15) is 0 Å². The molecule has 0 heterocycles. The molecule has 0 unspecified atom stereocenters. The molecule has 2 N–H and O–H groups in total. The summed E-state index contributed by atoms with van der Waals surface area (Å²) < 4.78 is 0. The first-order valence-corrected chi connectivity index (χ1v) is 7.26. The van der Waals surface area contributed by atoms with Gasteiger partial charge in [-0.25, -0.2) is 0 Å². The lowest BCUT2D eigenvalue weighted by Gasteiger charge is -2.10. The molecule has 0 aliphatic rings. The van der Waals surface area contributed by atoms with Crippen LogP contribution in [0.1, 0.15) is 22.8 Å². The van der Waals surface area contributed by atoms with Crippen LogP contribution in [0.3, 0.4) is 0 Å². The lowest BCUT2D eigenvalue weighted by atomic mass is 10.1. The van der Waals surface area contributed by atoms with Gasteiger partial charge in [-0.05, 0) is 55.4 Å². The van der Waals surface area contributed by atoms with Crippen molar-refractivity contribution in [3.8, 4) is 0 Å². The lowest BCUT2D eigenvalue weighted by Crippen LogP contribution is -2.30. The first-order valence-electron chi connectivity index (χ1n) is 6.85. The third-order valence-electron chi connectivity index (χ3n) is 3.09. The van der Waals surface area contributed by atoms with Crippen LogP contribution in [0, 0.1) is 0 Å². The molecular weight excluding hydrogens is 280 g/mol. The molecule has 108 valence electrons. The molecule has 0 radical (unpaired) electrons. The van der Waals surface area contributed by atoms with E-state index in [1.807, 2.05) is 30.3 Å². The van der Waals surface area contributed by atoms with Crippen molar-refractivity contribution in [1.29, 1.82) is 0 Å². The molecule has 2 aromatic carbocycles. The van der Waals surface area contributed by atoms with E-state index in [0.717, 1.165) is 18.7 Å². The van der Waals surface area contributed by atoms with Crippen LogP contribution in [0.5, 0.6) is 0 Å².